The number of amides is 1. The van der Waals surface area contributed by atoms with Crippen LogP contribution in [0.25, 0.3) is 0 Å². The molecular formula is C17H20N2O2S. The van der Waals surface area contributed by atoms with Crippen LogP contribution in [0, 0.1) is 6.92 Å². The summed E-state index contributed by atoms with van der Waals surface area (Å²) in [5, 5.41) is 13.8. The normalized spacial score (nSPS) is 12.0. The fourth-order valence-corrected chi connectivity index (χ4v) is 2.78. The highest BCUT2D eigenvalue weighted by Crippen LogP contribution is 2.17. The van der Waals surface area contributed by atoms with Gasteiger partial charge in [-0.15, -0.1) is 11.8 Å². The first-order chi connectivity index (χ1) is 10.6. The summed E-state index contributed by atoms with van der Waals surface area (Å²) in [6.07, 6.45) is 0.918. The molecule has 2 N–H and O–H groups in total. The third-order valence-corrected chi connectivity index (χ3v) is 4.10. The summed E-state index contributed by atoms with van der Waals surface area (Å²) in [5.41, 5.74) is 2.40. The average Bonchev–Trinajstić information content (AvgIpc) is 2.53. The second-order valence-corrected chi connectivity index (χ2v) is 6.18. The molecule has 1 unspecified atom stereocenters. The molecule has 0 fully saturated rings. The number of benzene rings is 1. The smallest absolute Gasteiger partial charge is 0.251 e. The molecule has 0 saturated heterocycles. The van der Waals surface area contributed by atoms with Crippen molar-refractivity contribution in [3.8, 4) is 0 Å². The summed E-state index contributed by atoms with van der Waals surface area (Å²) in [4.78, 5) is 16.4. The zero-order chi connectivity index (χ0) is 15.9. The van der Waals surface area contributed by atoms with Crippen LogP contribution in [-0.2, 0) is 0 Å². The number of carbonyl (C=O) groups excluding carboxylic acids is 1. The fourth-order valence-electron chi connectivity index (χ4n) is 2.14. The number of aliphatic hydroxyl groups excluding tert-OH is 1. The molecule has 0 radical (unpaired) electrons. The largest absolute Gasteiger partial charge is 0.387 e. The third kappa shape index (κ3) is 4.32. The molecule has 0 spiro atoms. The number of nitrogens with zero attached hydrogens (tertiary/aromatic N) is 1. The molecule has 0 aliphatic rings. The summed E-state index contributed by atoms with van der Waals surface area (Å²) in [6.45, 7) is 4.16. The van der Waals surface area contributed by atoms with Crippen LogP contribution in [0.3, 0.4) is 0 Å². The molecule has 2 aromatic rings. The first-order valence-electron chi connectivity index (χ1n) is 7.22. The molecule has 0 aliphatic carbocycles. The molecule has 1 aromatic carbocycles. The molecule has 0 bridgehead atoms. The van der Waals surface area contributed by atoms with Gasteiger partial charge in [0.15, 0.2) is 0 Å². The summed E-state index contributed by atoms with van der Waals surface area (Å²) < 4.78 is 0. The first-order valence-corrected chi connectivity index (χ1v) is 8.21. The van der Waals surface area contributed by atoms with Crippen molar-refractivity contribution in [2.75, 3.05) is 12.3 Å². The molecule has 22 heavy (non-hydrogen) atoms. The van der Waals surface area contributed by atoms with Gasteiger partial charge in [0.05, 0.1) is 11.1 Å². The number of rotatable bonds is 6. The van der Waals surface area contributed by atoms with Gasteiger partial charge in [0.2, 0.25) is 0 Å². The van der Waals surface area contributed by atoms with Crippen molar-refractivity contribution in [2.24, 2.45) is 0 Å². The molecule has 0 aliphatic heterocycles. The molecule has 1 aromatic heterocycles. The van der Waals surface area contributed by atoms with Gasteiger partial charge in [-0.2, -0.15) is 0 Å². The maximum atomic E-state index is 12.2. The average molecular weight is 316 g/mol. The minimum absolute atomic E-state index is 0.183. The maximum Gasteiger partial charge on any atom is 0.251 e. The van der Waals surface area contributed by atoms with Crippen LogP contribution in [-0.4, -0.2) is 28.3 Å². The SMILES string of the molecule is CCSc1cc(C(=O)NCC(O)c2ccccc2C)ccn1. The Morgan fingerprint density at radius 3 is 2.86 bits per heavy atom. The van der Waals surface area contributed by atoms with E-state index >= 15 is 0 Å². The lowest BCUT2D eigenvalue weighted by Crippen LogP contribution is -2.28. The molecule has 2 rings (SSSR count). The highest BCUT2D eigenvalue weighted by molar-refractivity contribution is 7.99. The number of aliphatic hydroxyl groups is 1. The van der Waals surface area contributed by atoms with E-state index in [1.807, 2.05) is 38.1 Å². The number of hydrogen-bond acceptors (Lipinski definition) is 4. The van der Waals surface area contributed by atoms with Crippen molar-refractivity contribution in [1.82, 2.24) is 10.3 Å². The Bertz CT molecular complexity index is 646. The second-order valence-electron chi connectivity index (χ2n) is 4.90. The highest BCUT2D eigenvalue weighted by Gasteiger charge is 2.13. The molecular weight excluding hydrogens is 296 g/mol. The van der Waals surface area contributed by atoms with E-state index in [2.05, 4.69) is 10.3 Å². The Kier molecular flexibility index (Phi) is 5.98. The number of aryl methyl sites for hydroxylation is 1. The maximum absolute atomic E-state index is 12.2. The summed E-state index contributed by atoms with van der Waals surface area (Å²) in [7, 11) is 0. The van der Waals surface area contributed by atoms with Crippen LogP contribution in [0.5, 0.6) is 0 Å². The van der Waals surface area contributed by atoms with Crippen molar-refractivity contribution < 1.29 is 9.90 Å². The molecule has 1 atom stereocenters. The van der Waals surface area contributed by atoms with Crippen molar-refractivity contribution >= 4 is 17.7 Å². The van der Waals surface area contributed by atoms with Gasteiger partial charge >= 0.3 is 0 Å². The predicted octanol–water partition coefficient (Wildman–Crippen LogP) is 2.97. The van der Waals surface area contributed by atoms with Gasteiger partial charge in [-0.05, 0) is 35.9 Å². The van der Waals surface area contributed by atoms with Crippen LogP contribution < -0.4 is 5.32 Å². The second kappa shape index (κ2) is 7.96. The van der Waals surface area contributed by atoms with E-state index in [0.29, 0.717) is 5.56 Å². The number of pyridine rings is 1. The summed E-state index contributed by atoms with van der Waals surface area (Å²) >= 11 is 1.59. The van der Waals surface area contributed by atoms with Crippen LogP contribution in [0.4, 0.5) is 0 Å². The summed E-state index contributed by atoms with van der Waals surface area (Å²) in [5.74, 6) is 0.706. The Morgan fingerprint density at radius 2 is 2.14 bits per heavy atom. The van der Waals surface area contributed by atoms with Crippen LogP contribution in [0.1, 0.15) is 34.5 Å². The van der Waals surface area contributed by atoms with Gasteiger partial charge in [-0.3, -0.25) is 4.79 Å². The predicted molar refractivity (Wildman–Crippen MR) is 89.1 cm³/mol. The molecule has 1 amide bonds. The lowest BCUT2D eigenvalue weighted by atomic mass is 10.0. The van der Waals surface area contributed by atoms with Gasteiger partial charge in [-0.1, -0.05) is 31.2 Å². The van der Waals surface area contributed by atoms with E-state index in [9.17, 15) is 9.90 Å². The third-order valence-electron chi connectivity index (χ3n) is 3.29. The Hall–Kier alpha value is -1.85. The number of thioether (sulfide) groups is 1. The van der Waals surface area contributed by atoms with E-state index in [-0.39, 0.29) is 12.5 Å². The standard InChI is InChI=1S/C17H20N2O2S/c1-3-22-16-10-13(8-9-18-16)17(21)19-11-15(20)14-7-5-4-6-12(14)2/h4-10,15,20H,3,11H2,1-2H3,(H,19,21). The van der Waals surface area contributed by atoms with Crippen LogP contribution >= 0.6 is 11.8 Å². The Balaban J connectivity index is 1.98. The van der Waals surface area contributed by atoms with E-state index in [0.717, 1.165) is 21.9 Å². The zero-order valence-electron chi connectivity index (χ0n) is 12.7. The number of nitrogens with one attached hydrogen (secondary N) is 1. The molecule has 116 valence electrons. The van der Waals surface area contributed by atoms with Crippen LogP contribution in [0.15, 0.2) is 47.6 Å². The van der Waals surface area contributed by atoms with E-state index in [4.69, 9.17) is 0 Å². The molecule has 4 nitrogen and oxygen atoms in total. The van der Waals surface area contributed by atoms with Gasteiger partial charge in [0.1, 0.15) is 0 Å². The Morgan fingerprint density at radius 1 is 1.36 bits per heavy atom. The highest BCUT2D eigenvalue weighted by atomic mass is 32.2. The minimum Gasteiger partial charge on any atom is -0.387 e. The van der Waals surface area contributed by atoms with Crippen LogP contribution in [0.2, 0.25) is 0 Å². The monoisotopic (exact) mass is 316 g/mol. The molecule has 0 saturated carbocycles. The van der Waals surface area contributed by atoms with Crippen molar-refractivity contribution in [3.63, 3.8) is 0 Å². The van der Waals surface area contributed by atoms with Crippen molar-refractivity contribution in [1.29, 1.82) is 0 Å². The van der Waals surface area contributed by atoms with Gasteiger partial charge in [0, 0.05) is 18.3 Å². The van der Waals surface area contributed by atoms with E-state index < -0.39 is 6.10 Å². The van der Waals surface area contributed by atoms with Crippen molar-refractivity contribution in [3.05, 3.63) is 59.3 Å². The lowest BCUT2D eigenvalue weighted by Gasteiger charge is -2.14. The Labute approximate surface area is 135 Å². The van der Waals surface area contributed by atoms with E-state index in [1.54, 1.807) is 30.1 Å². The lowest BCUT2D eigenvalue weighted by molar-refractivity contribution is 0.0915. The number of aromatic nitrogens is 1. The summed E-state index contributed by atoms with van der Waals surface area (Å²) in [6, 6.07) is 11.1. The van der Waals surface area contributed by atoms with Gasteiger partial charge in [0.25, 0.3) is 5.91 Å². The first kappa shape index (κ1) is 16.5. The van der Waals surface area contributed by atoms with E-state index in [1.165, 1.54) is 0 Å². The number of carbonyl (C=O) groups is 1. The molecule has 5 heteroatoms. The number of hydrogen-bond donors (Lipinski definition) is 2. The minimum atomic E-state index is -0.712. The fraction of sp³-hybridized carbons (Fsp3) is 0.294. The quantitative estimate of drug-likeness (QED) is 0.804. The van der Waals surface area contributed by atoms with Gasteiger partial charge in [-0.25, -0.2) is 4.98 Å². The van der Waals surface area contributed by atoms with Crippen molar-refractivity contribution in [2.45, 2.75) is 25.0 Å². The van der Waals surface area contributed by atoms with Gasteiger partial charge < -0.3 is 10.4 Å². The zero-order valence-corrected chi connectivity index (χ0v) is 13.6. The molecule has 1 heterocycles. The topological polar surface area (TPSA) is 62.2 Å².